The van der Waals surface area contributed by atoms with Crippen LogP contribution in [0.2, 0.25) is 0 Å². The lowest BCUT2D eigenvalue weighted by Gasteiger charge is -2.36. The van der Waals surface area contributed by atoms with E-state index < -0.39 is 5.60 Å². The molecule has 2 N–H and O–H groups in total. The molecular weight excluding hydrogens is 366 g/mol. The monoisotopic (exact) mass is 399 g/mol. The molecule has 1 saturated carbocycles. The van der Waals surface area contributed by atoms with Crippen LogP contribution in [0.3, 0.4) is 0 Å². The van der Waals surface area contributed by atoms with E-state index >= 15 is 0 Å². The van der Waals surface area contributed by atoms with Crippen LogP contribution in [-0.4, -0.2) is 44.2 Å². The van der Waals surface area contributed by atoms with Crippen LogP contribution in [0, 0.1) is 18.8 Å². The Kier molecular flexibility index (Phi) is 5.17. The predicted molar refractivity (Wildman–Crippen MR) is 114 cm³/mol. The summed E-state index contributed by atoms with van der Waals surface area (Å²) in [4.78, 5) is 23.1. The number of aromatic nitrogens is 3. The molecule has 3 unspecified atom stereocenters. The minimum atomic E-state index is -0.445. The van der Waals surface area contributed by atoms with Gasteiger partial charge in [-0.25, -0.2) is 14.8 Å². The largest absolute Gasteiger partial charge is 0.444 e. The molecule has 0 aromatic carbocycles. The summed E-state index contributed by atoms with van der Waals surface area (Å²) in [5.74, 6) is 1.73. The number of carbonyl (C=O) groups is 1. The number of nitrogens with zero attached hydrogens (tertiary/aromatic N) is 4. The lowest BCUT2D eigenvalue weighted by atomic mass is 9.84. The number of ether oxygens (including phenoxy) is 1. The molecule has 2 aliphatic rings. The van der Waals surface area contributed by atoms with Crippen LogP contribution in [0.25, 0.3) is 11.0 Å². The maximum absolute atomic E-state index is 12.5. The fourth-order valence-corrected chi connectivity index (χ4v) is 5.14. The molecule has 2 fully saturated rings. The maximum atomic E-state index is 12.5. The Hall–Kier alpha value is -2.31. The number of hydrogen-bond acceptors (Lipinski definition) is 5. The van der Waals surface area contributed by atoms with Gasteiger partial charge in [0.2, 0.25) is 0 Å². The summed E-state index contributed by atoms with van der Waals surface area (Å²) in [7, 11) is 0. The van der Waals surface area contributed by atoms with Gasteiger partial charge < -0.3 is 19.9 Å². The zero-order chi connectivity index (χ0) is 20.8. The topological polar surface area (TPSA) is 86.3 Å². The summed E-state index contributed by atoms with van der Waals surface area (Å²) in [6, 6.07) is 0.433. The van der Waals surface area contributed by atoms with Crippen molar-refractivity contribution >= 4 is 22.9 Å². The van der Waals surface area contributed by atoms with Crippen LogP contribution in [0.5, 0.6) is 0 Å². The van der Waals surface area contributed by atoms with Gasteiger partial charge in [0, 0.05) is 25.3 Å². The first-order valence-corrected chi connectivity index (χ1v) is 10.8. The van der Waals surface area contributed by atoms with Crippen molar-refractivity contribution in [3.63, 3.8) is 0 Å². The number of carbonyl (C=O) groups excluding carboxylic acids is 1. The van der Waals surface area contributed by atoms with Gasteiger partial charge in [0.05, 0.1) is 5.39 Å². The average molecular weight is 400 g/mol. The van der Waals surface area contributed by atoms with E-state index in [1.807, 2.05) is 25.7 Å². The van der Waals surface area contributed by atoms with E-state index in [1.54, 1.807) is 6.33 Å². The summed E-state index contributed by atoms with van der Waals surface area (Å²) < 4.78 is 7.90. The van der Waals surface area contributed by atoms with Crippen LogP contribution in [-0.2, 0) is 4.74 Å². The van der Waals surface area contributed by atoms with Crippen molar-refractivity contribution in [3.05, 3.63) is 18.1 Å². The van der Waals surface area contributed by atoms with Crippen molar-refractivity contribution < 1.29 is 9.53 Å². The number of nitrogens with two attached hydrogens (primary N) is 1. The molecule has 0 radical (unpaired) electrons. The highest BCUT2D eigenvalue weighted by molar-refractivity contribution is 5.89. The van der Waals surface area contributed by atoms with Crippen molar-refractivity contribution in [2.45, 2.75) is 71.4 Å². The fourth-order valence-electron chi connectivity index (χ4n) is 5.14. The van der Waals surface area contributed by atoms with Gasteiger partial charge in [-0.3, -0.25) is 0 Å². The molecule has 4 rings (SSSR count). The summed E-state index contributed by atoms with van der Waals surface area (Å²) in [6.07, 6.45) is 9.27. The van der Waals surface area contributed by atoms with E-state index in [4.69, 9.17) is 10.5 Å². The van der Waals surface area contributed by atoms with Gasteiger partial charge >= 0.3 is 6.09 Å². The smallest absolute Gasteiger partial charge is 0.410 e. The number of fused-ring (bicyclic) bond motifs is 1. The molecule has 1 aliphatic carbocycles. The Morgan fingerprint density at radius 3 is 2.76 bits per heavy atom. The molecule has 0 bridgehead atoms. The Bertz CT molecular complexity index is 900. The number of amides is 1. The van der Waals surface area contributed by atoms with Crippen LogP contribution >= 0.6 is 0 Å². The van der Waals surface area contributed by atoms with Gasteiger partial charge in [0.1, 0.15) is 23.4 Å². The summed E-state index contributed by atoms with van der Waals surface area (Å²) >= 11 is 0. The zero-order valence-electron chi connectivity index (χ0n) is 18.0. The molecule has 1 saturated heterocycles. The number of nitrogen functional groups attached to an aromatic ring is 1. The number of anilines is 1. The third kappa shape index (κ3) is 4.05. The SMILES string of the molecule is Cc1cn(C2CCC(C3CCCN(C(=O)OC(C)(C)C)C3)C2)c2ncnc(N)c12. The molecule has 1 aliphatic heterocycles. The van der Waals surface area contributed by atoms with Crippen LogP contribution in [0.1, 0.15) is 64.5 Å². The highest BCUT2D eigenvalue weighted by Crippen LogP contribution is 2.43. The van der Waals surface area contributed by atoms with E-state index in [0.717, 1.165) is 48.9 Å². The molecular formula is C22H33N5O2. The van der Waals surface area contributed by atoms with E-state index in [-0.39, 0.29) is 6.09 Å². The lowest BCUT2D eigenvalue weighted by molar-refractivity contribution is 0.0130. The van der Waals surface area contributed by atoms with E-state index in [0.29, 0.717) is 23.7 Å². The van der Waals surface area contributed by atoms with Gasteiger partial charge in [0.25, 0.3) is 0 Å². The second-order valence-corrected chi connectivity index (χ2v) is 9.73. The Morgan fingerprint density at radius 2 is 2.00 bits per heavy atom. The fraction of sp³-hybridized carbons (Fsp3) is 0.682. The van der Waals surface area contributed by atoms with Gasteiger partial charge in [0.15, 0.2) is 0 Å². The van der Waals surface area contributed by atoms with Crippen molar-refractivity contribution in [3.8, 4) is 0 Å². The minimum Gasteiger partial charge on any atom is -0.444 e. The number of aryl methyl sites for hydroxylation is 1. The van der Waals surface area contributed by atoms with Gasteiger partial charge in [-0.1, -0.05) is 0 Å². The number of rotatable bonds is 2. The van der Waals surface area contributed by atoms with Crippen molar-refractivity contribution in [1.29, 1.82) is 0 Å². The van der Waals surface area contributed by atoms with Crippen molar-refractivity contribution in [2.24, 2.45) is 11.8 Å². The Morgan fingerprint density at radius 1 is 1.21 bits per heavy atom. The molecule has 29 heavy (non-hydrogen) atoms. The molecule has 7 nitrogen and oxygen atoms in total. The minimum absolute atomic E-state index is 0.170. The van der Waals surface area contributed by atoms with E-state index in [9.17, 15) is 4.79 Å². The van der Waals surface area contributed by atoms with Gasteiger partial charge in [-0.05, 0) is 77.2 Å². The van der Waals surface area contributed by atoms with Crippen LogP contribution in [0.15, 0.2) is 12.5 Å². The predicted octanol–water partition coefficient (Wildman–Crippen LogP) is 4.31. The third-order valence-corrected chi connectivity index (χ3v) is 6.44. The van der Waals surface area contributed by atoms with E-state index in [1.165, 1.54) is 12.8 Å². The van der Waals surface area contributed by atoms with Crippen LogP contribution in [0.4, 0.5) is 10.6 Å². The second kappa shape index (κ2) is 7.50. The summed E-state index contributed by atoms with van der Waals surface area (Å²) in [5, 5.41) is 0.977. The summed E-state index contributed by atoms with van der Waals surface area (Å²) in [6.45, 7) is 9.46. The Labute approximate surface area is 172 Å². The van der Waals surface area contributed by atoms with Crippen molar-refractivity contribution in [1.82, 2.24) is 19.4 Å². The average Bonchev–Trinajstić information content (AvgIpc) is 3.26. The number of likely N-dealkylation sites (tertiary alicyclic amines) is 1. The first-order valence-electron chi connectivity index (χ1n) is 10.8. The number of hydrogen-bond donors (Lipinski definition) is 1. The third-order valence-electron chi connectivity index (χ3n) is 6.44. The van der Waals surface area contributed by atoms with Gasteiger partial charge in [-0.2, -0.15) is 0 Å². The molecule has 7 heteroatoms. The van der Waals surface area contributed by atoms with E-state index in [2.05, 4.69) is 27.7 Å². The highest BCUT2D eigenvalue weighted by atomic mass is 16.6. The van der Waals surface area contributed by atoms with Crippen molar-refractivity contribution in [2.75, 3.05) is 18.8 Å². The lowest BCUT2D eigenvalue weighted by Crippen LogP contribution is -2.44. The zero-order valence-corrected chi connectivity index (χ0v) is 18.0. The molecule has 3 heterocycles. The molecule has 2 aromatic rings. The molecule has 0 spiro atoms. The molecule has 3 atom stereocenters. The Balaban J connectivity index is 1.45. The first kappa shape index (κ1) is 20.0. The molecule has 2 aromatic heterocycles. The molecule has 158 valence electrons. The quantitative estimate of drug-likeness (QED) is 0.813. The summed E-state index contributed by atoms with van der Waals surface area (Å²) in [5.41, 5.74) is 7.72. The first-order chi connectivity index (χ1) is 13.7. The highest BCUT2D eigenvalue weighted by Gasteiger charge is 2.36. The normalized spacial score (nSPS) is 25.5. The standard InChI is InChI=1S/C22H33N5O2/c1-14-11-27(20-18(14)19(23)24-13-25-20)17-8-7-15(10-17)16-6-5-9-26(12-16)21(28)29-22(2,3)4/h11,13,15-17H,5-10,12H2,1-4H3,(H2,23,24,25). The van der Waals surface area contributed by atoms with Crippen LogP contribution < -0.4 is 5.73 Å². The maximum Gasteiger partial charge on any atom is 0.410 e. The van der Waals surface area contributed by atoms with Gasteiger partial charge in [-0.15, -0.1) is 0 Å². The molecule has 1 amide bonds. The second-order valence-electron chi connectivity index (χ2n) is 9.73. The number of piperidine rings is 1.